The number of nitrogens with zero attached hydrogens (tertiary/aromatic N) is 3. The summed E-state index contributed by atoms with van der Waals surface area (Å²) in [6, 6.07) is 15.1. The van der Waals surface area contributed by atoms with Gasteiger partial charge < -0.3 is 4.90 Å². The summed E-state index contributed by atoms with van der Waals surface area (Å²) in [7, 11) is 0. The highest BCUT2D eigenvalue weighted by Crippen LogP contribution is 2.17. The normalized spacial score (nSPS) is 10.8. The number of likely N-dealkylation sites (N-methyl/N-ethyl adjacent to an activating group) is 1. The lowest BCUT2D eigenvalue weighted by atomic mass is 10.1. The molecule has 0 saturated heterocycles. The molecule has 0 bridgehead atoms. The van der Waals surface area contributed by atoms with Gasteiger partial charge in [0.25, 0.3) is 5.56 Å². The Kier molecular flexibility index (Phi) is 4.65. The molecule has 0 saturated carbocycles. The number of anilines is 1. The second kappa shape index (κ2) is 6.89. The van der Waals surface area contributed by atoms with E-state index in [4.69, 9.17) is 0 Å². The standard InChI is InChI=1S/C20H21N3O2/c1-4-22(16-9-7-8-14(2)12-16)19(24)13-23-20(25)18-11-6-5-10-17(18)15(3)21-23/h5-12H,4,13H2,1-3H3. The van der Waals surface area contributed by atoms with E-state index in [-0.39, 0.29) is 18.0 Å². The van der Waals surface area contributed by atoms with Crippen LogP contribution in [0.1, 0.15) is 18.2 Å². The number of rotatable bonds is 4. The third kappa shape index (κ3) is 3.31. The molecule has 0 fully saturated rings. The Morgan fingerprint density at radius 1 is 1.08 bits per heavy atom. The van der Waals surface area contributed by atoms with Crippen molar-refractivity contribution in [3.8, 4) is 0 Å². The van der Waals surface area contributed by atoms with Crippen molar-refractivity contribution in [3.05, 3.63) is 70.1 Å². The lowest BCUT2D eigenvalue weighted by molar-refractivity contribution is -0.119. The summed E-state index contributed by atoms with van der Waals surface area (Å²) in [5.74, 6) is -0.155. The maximum absolute atomic E-state index is 12.8. The summed E-state index contributed by atoms with van der Waals surface area (Å²) in [5, 5.41) is 5.73. The maximum Gasteiger partial charge on any atom is 0.275 e. The van der Waals surface area contributed by atoms with Crippen LogP contribution < -0.4 is 10.5 Å². The van der Waals surface area contributed by atoms with Gasteiger partial charge in [0.15, 0.2) is 0 Å². The molecule has 0 aliphatic heterocycles. The van der Waals surface area contributed by atoms with E-state index in [0.717, 1.165) is 22.3 Å². The van der Waals surface area contributed by atoms with Crippen LogP contribution in [0, 0.1) is 13.8 Å². The number of amides is 1. The molecule has 0 unspecified atom stereocenters. The van der Waals surface area contributed by atoms with Crippen molar-refractivity contribution >= 4 is 22.4 Å². The molecule has 1 aromatic heterocycles. The molecule has 2 aromatic carbocycles. The van der Waals surface area contributed by atoms with E-state index in [0.29, 0.717) is 11.9 Å². The van der Waals surface area contributed by atoms with Crippen molar-refractivity contribution in [1.29, 1.82) is 0 Å². The zero-order chi connectivity index (χ0) is 18.0. The number of aryl methyl sites for hydroxylation is 2. The first-order chi connectivity index (χ1) is 12.0. The van der Waals surface area contributed by atoms with Gasteiger partial charge in [-0.1, -0.05) is 30.3 Å². The number of carbonyl (C=O) groups is 1. The van der Waals surface area contributed by atoms with Crippen LogP contribution in [0.2, 0.25) is 0 Å². The molecule has 0 aliphatic carbocycles. The van der Waals surface area contributed by atoms with Crippen LogP contribution in [0.15, 0.2) is 53.3 Å². The van der Waals surface area contributed by atoms with Gasteiger partial charge in [-0.2, -0.15) is 5.10 Å². The Bertz CT molecular complexity index is 992. The minimum atomic E-state index is -0.241. The molecule has 5 heteroatoms. The summed E-state index contributed by atoms with van der Waals surface area (Å²) in [5.41, 5.74) is 2.41. The number of aromatic nitrogens is 2. The highest BCUT2D eigenvalue weighted by molar-refractivity contribution is 5.93. The third-order valence-electron chi connectivity index (χ3n) is 4.27. The fraction of sp³-hybridized carbons (Fsp3) is 0.250. The average Bonchev–Trinajstić information content (AvgIpc) is 2.60. The summed E-state index contributed by atoms with van der Waals surface area (Å²) in [6.45, 7) is 6.21. The molecular formula is C20H21N3O2. The van der Waals surface area contributed by atoms with Gasteiger partial charge in [0.1, 0.15) is 6.54 Å². The van der Waals surface area contributed by atoms with Crippen LogP contribution >= 0.6 is 0 Å². The van der Waals surface area contributed by atoms with Crippen molar-refractivity contribution in [3.63, 3.8) is 0 Å². The molecular weight excluding hydrogens is 314 g/mol. The van der Waals surface area contributed by atoms with E-state index in [1.165, 1.54) is 4.68 Å². The molecule has 3 aromatic rings. The number of hydrogen-bond donors (Lipinski definition) is 0. The predicted molar refractivity (Wildman–Crippen MR) is 99.9 cm³/mol. The van der Waals surface area contributed by atoms with Gasteiger partial charge in [-0.15, -0.1) is 0 Å². The minimum absolute atomic E-state index is 0.0771. The Morgan fingerprint density at radius 2 is 1.80 bits per heavy atom. The second-order valence-corrected chi connectivity index (χ2v) is 6.07. The lowest BCUT2D eigenvalue weighted by Crippen LogP contribution is -2.37. The first-order valence-electron chi connectivity index (χ1n) is 8.34. The predicted octanol–water partition coefficient (Wildman–Crippen LogP) is 3.07. The van der Waals surface area contributed by atoms with Crippen LogP contribution in [0.5, 0.6) is 0 Å². The van der Waals surface area contributed by atoms with Gasteiger partial charge in [-0.25, -0.2) is 4.68 Å². The van der Waals surface area contributed by atoms with Gasteiger partial charge in [-0.3, -0.25) is 9.59 Å². The molecule has 0 aliphatic rings. The highest BCUT2D eigenvalue weighted by Gasteiger charge is 2.17. The van der Waals surface area contributed by atoms with Crippen LogP contribution in [0.3, 0.4) is 0 Å². The van der Waals surface area contributed by atoms with Crippen molar-refractivity contribution in [2.45, 2.75) is 27.3 Å². The Hall–Kier alpha value is -2.95. The van der Waals surface area contributed by atoms with Gasteiger partial charge in [0.2, 0.25) is 5.91 Å². The van der Waals surface area contributed by atoms with Crippen LogP contribution in [0.25, 0.3) is 10.8 Å². The van der Waals surface area contributed by atoms with Crippen LogP contribution in [-0.4, -0.2) is 22.2 Å². The third-order valence-corrected chi connectivity index (χ3v) is 4.27. The van der Waals surface area contributed by atoms with E-state index >= 15 is 0 Å². The monoisotopic (exact) mass is 335 g/mol. The number of fused-ring (bicyclic) bond motifs is 1. The fourth-order valence-electron chi connectivity index (χ4n) is 3.02. The molecule has 0 radical (unpaired) electrons. The number of hydrogen-bond acceptors (Lipinski definition) is 3. The molecule has 0 atom stereocenters. The average molecular weight is 335 g/mol. The number of benzene rings is 2. The van der Waals surface area contributed by atoms with E-state index in [9.17, 15) is 9.59 Å². The van der Waals surface area contributed by atoms with Crippen molar-refractivity contribution < 1.29 is 4.79 Å². The van der Waals surface area contributed by atoms with Gasteiger partial charge >= 0.3 is 0 Å². The zero-order valence-electron chi connectivity index (χ0n) is 14.7. The highest BCUT2D eigenvalue weighted by atomic mass is 16.2. The van der Waals surface area contributed by atoms with Gasteiger partial charge in [-0.05, 0) is 44.5 Å². The molecule has 1 amide bonds. The molecule has 0 N–H and O–H groups in total. The van der Waals surface area contributed by atoms with E-state index < -0.39 is 0 Å². The number of carbonyl (C=O) groups excluding carboxylic acids is 1. The summed E-state index contributed by atoms with van der Waals surface area (Å²) in [6.07, 6.45) is 0. The SMILES string of the molecule is CCN(C(=O)Cn1nc(C)c2ccccc2c1=O)c1cccc(C)c1. The molecule has 25 heavy (non-hydrogen) atoms. The summed E-state index contributed by atoms with van der Waals surface area (Å²) in [4.78, 5) is 27.1. The smallest absolute Gasteiger partial charge is 0.275 e. The van der Waals surface area contributed by atoms with Crippen LogP contribution in [0.4, 0.5) is 5.69 Å². The molecule has 5 nitrogen and oxygen atoms in total. The Morgan fingerprint density at radius 3 is 2.48 bits per heavy atom. The summed E-state index contributed by atoms with van der Waals surface area (Å²) < 4.78 is 1.26. The fourth-order valence-corrected chi connectivity index (χ4v) is 3.02. The van der Waals surface area contributed by atoms with E-state index in [1.807, 2.05) is 63.2 Å². The Balaban J connectivity index is 1.96. The molecule has 128 valence electrons. The maximum atomic E-state index is 12.8. The van der Waals surface area contributed by atoms with Crippen LogP contribution in [-0.2, 0) is 11.3 Å². The molecule has 1 heterocycles. The van der Waals surface area contributed by atoms with E-state index in [2.05, 4.69) is 5.10 Å². The zero-order valence-corrected chi connectivity index (χ0v) is 14.7. The first-order valence-corrected chi connectivity index (χ1v) is 8.34. The van der Waals surface area contributed by atoms with E-state index in [1.54, 1.807) is 11.0 Å². The van der Waals surface area contributed by atoms with Crippen molar-refractivity contribution in [2.75, 3.05) is 11.4 Å². The topological polar surface area (TPSA) is 55.2 Å². The minimum Gasteiger partial charge on any atom is -0.311 e. The quantitative estimate of drug-likeness (QED) is 0.736. The largest absolute Gasteiger partial charge is 0.311 e. The lowest BCUT2D eigenvalue weighted by Gasteiger charge is -2.22. The first kappa shape index (κ1) is 16.9. The molecule has 3 rings (SSSR count). The van der Waals surface area contributed by atoms with Crippen molar-refractivity contribution in [1.82, 2.24) is 9.78 Å². The van der Waals surface area contributed by atoms with Gasteiger partial charge in [0, 0.05) is 17.6 Å². The van der Waals surface area contributed by atoms with Crippen molar-refractivity contribution in [2.24, 2.45) is 0 Å². The Labute approximate surface area is 146 Å². The molecule has 0 spiro atoms. The summed E-state index contributed by atoms with van der Waals surface area (Å²) >= 11 is 0. The van der Waals surface area contributed by atoms with Gasteiger partial charge in [0.05, 0.1) is 11.1 Å². The second-order valence-electron chi connectivity index (χ2n) is 6.07.